The van der Waals surface area contributed by atoms with E-state index in [0.29, 0.717) is 23.9 Å². The van der Waals surface area contributed by atoms with E-state index in [-0.39, 0.29) is 19.1 Å². The Labute approximate surface area is 228 Å². The first-order valence-corrected chi connectivity index (χ1v) is 16.4. The molecule has 0 aromatic rings. The van der Waals surface area contributed by atoms with Crippen molar-refractivity contribution in [2.24, 2.45) is 0 Å². The maximum absolute atomic E-state index is 12.4. The van der Waals surface area contributed by atoms with Gasteiger partial charge in [0.05, 0.1) is 39.9 Å². The first kappa shape index (κ1) is 36.5. The Balaban J connectivity index is 4.41. The van der Waals surface area contributed by atoms with Crippen LogP contribution in [0.4, 0.5) is 0 Å². The van der Waals surface area contributed by atoms with Gasteiger partial charge in [-0.15, -0.1) is 0 Å². The molecule has 0 bridgehead atoms. The van der Waals surface area contributed by atoms with Crippen LogP contribution in [-0.4, -0.2) is 73.4 Å². The van der Waals surface area contributed by atoms with Crippen LogP contribution in [-0.2, 0) is 18.4 Å². The van der Waals surface area contributed by atoms with E-state index in [0.717, 1.165) is 38.5 Å². The number of unbranched alkanes of at least 4 members (excludes halogenated alkanes) is 13. The third-order valence-corrected chi connectivity index (χ3v) is 7.59. The molecular weight excluding hydrogens is 491 g/mol. The quantitative estimate of drug-likeness (QED) is 0.0658. The first-order valence-electron chi connectivity index (χ1n) is 14.9. The summed E-state index contributed by atoms with van der Waals surface area (Å²) in [6, 6.07) is -0.746. The van der Waals surface area contributed by atoms with Crippen LogP contribution >= 0.6 is 7.82 Å². The second-order valence-corrected chi connectivity index (χ2v) is 12.9. The van der Waals surface area contributed by atoms with E-state index >= 15 is 0 Å². The number of quaternary nitrogens is 1. The summed E-state index contributed by atoms with van der Waals surface area (Å²) in [5, 5.41) is 13.6. The molecule has 3 N–H and O–H groups in total. The molecule has 0 heterocycles. The standard InChI is InChI=1S/C28H59N2O6P/c1-6-8-10-11-12-13-14-15-16-17-18-20-21-27(31)26(29-28(32)22-19-9-7-2)25-36-37(33,34)35-24-23-30(3,4)5/h26-27,31H,6-25H2,1-5H3,(H-,29,32,33,34)/p+1. The van der Waals surface area contributed by atoms with Crippen molar-refractivity contribution >= 4 is 13.7 Å². The molecule has 8 nitrogen and oxygen atoms in total. The zero-order valence-electron chi connectivity index (χ0n) is 24.7. The number of phosphoric acid groups is 1. The predicted molar refractivity (Wildman–Crippen MR) is 152 cm³/mol. The van der Waals surface area contributed by atoms with Gasteiger partial charge >= 0.3 is 7.82 Å². The van der Waals surface area contributed by atoms with Gasteiger partial charge in [0.1, 0.15) is 13.2 Å². The number of carbonyl (C=O) groups excluding carboxylic acids is 1. The van der Waals surface area contributed by atoms with Gasteiger partial charge in [-0.3, -0.25) is 13.8 Å². The minimum atomic E-state index is -4.27. The van der Waals surface area contributed by atoms with Crippen molar-refractivity contribution in [1.29, 1.82) is 0 Å². The summed E-state index contributed by atoms with van der Waals surface area (Å²) in [5.74, 6) is -0.172. The lowest BCUT2D eigenvalue weighted by molar-refractivity contribution is -0.870. The van der Waals surface area contributed by atoms with Gasteiger partial charge in [0.15, 0.2) is 0 Å². The molecule has 222 valence electrons. The lowest BCUT2D eigenvalue weighted by Crippen LogP contribution is -2.46. The molecule has 0 fully saturated rings. The molecule has 0 aromatic heterocycles. The fraction of sp³-hybridized carbons (Fsp3) is 0.964. The summed E-state index contributed by atoms with van der Waals surface area (Å²) < 4.78 is 23.1. The van der Waals surface area contributed by atoms with Gasteiger partial charge < -0.3 is 19.8 Å². The topological polar surface area (TPSA) is 105 Å². The molecule has 0 saturated carbocycles. The maximum atomic E-state index is 12.4. The highest BCUT2D eigenvalue weighted by Gasteiger charge is 2.28. The van der Waals surface area contributed by atoms with E-state index in [9.17, 15) is 19.4 Å². The van der Waals surface area contributed by atoms with Crippen molar-refractivity contribution in [1.82, 2.24) is 5.32 Å². The monoisotopic (exact) mass is 551 g/mol. The third kappa shape index (κ3) is 24.3. The number of rotatable bonds is 26. The van der Waals surface area contributed by atoms with Crippen LogP contribution in [0.5, 0.6) is 0 Å². The number of aliphatic hydroxyl groups excluding tert-OH is 1. The Morgan fingerprint density at radius 2 is 1.30 bits per heavy atom. The molecule has 1 amide bonds. The van der Waals surface area contributed by atoms with Gasteiger partial charge in [-0.1, -0.05) is 104 Å². The first-order chi connectivity index (χ1) is 17.5. The summed E-state index contributed by atoms with van der Waals surface area (Å²) in [7, 11) is 1.61. The number of carbonyl (C=O) groups is 1. The van der Waals surface area contributed by atoms with Gasteiger partial charge in [-0.2, -0.15) is 0 Å². The number of nitrogens with one attached hydrogen (secondary N) is 1. The number of phosphoric ester groups is 1. The number of amides is 1. The van der Waals surface area contributed by atoms with Crippen LogP contribution < -0.4 is 5.32 Å². The summed E-state index contributed by atoms with van der Waals surface area (Å²) in [6.07, 6.45) is 17.6. The Morgan fingerprint density at radius 1 is 0.811 bits per heavy atom. The number of hydrogen-bond donors (Lipinski definition) is 3. The molecule has 0 radical (unpaired) electrons. The smallest absolute Gasteiger partial charge is 0.391 e. The number of aliphatic hydroxyl groups is 1. The fourth-order valence-corrected chi connectivity index (χ4v) is 4.84. The van der Waals surface area contributed by atoms with Crippen molar-refractivity contribution < 1.29 is 32.9 Å². The van der Waals surface area contributed by atoms with Crippen molar-refractivity contribution in [3.05, 3.63) is 0 Å². The number of nitrogens with zero attached hydrogens (tertiary/aromatic N) is 1. The molecule has 3 atom stereocenters. The molecule has 37 heavy (non-hydrogen) atoms. The zero-order chi connectivity index (χ0) is 28.0. The van der Waals surface area contributed by atoms with Gasteiger partial charge in [0.2, 0.25) is 5.91 Å². The average Bonchev–Trinajstić information content (AvgIpc) is 2.81. The zero-order valence-corrected chi connectivity index (χ0v) is 25.6. The second kappa shape index (κ2) is 22.3. The molecule has 0 aliphatic rings. The van der Waals surface area contributed by atoms with Crippen LogP contribution in [0.15, 0.2) is 0 Å². The normalized spacial score (nSPS) is 15.3. The minimum absolute atomic E-state index is 0.0761. The molecule has 0 rings (SSSR count). The molecular formula is C28H60N2O6P+. The van der Waals surface area contributed by atoms with Crippen LogP contribution in [0.25, 0.3) is 0 Å². The Hall–Kier alpha value is -0.500. The number of likely N-dealkylation sites (N-methyl/N-ethyl adjacent to an activating group) is 1. The van der Waals surface area contributed by atoms with Crippen LogP contribution in [0.1, 0.15) is 123 Å². The highest BCUT2D eigenvalue weighted by molar-refractivity contribution is 7.47. The van der Waals surface area contributed by atoms with Crippen LogP contribution in [0.3, 0.4) is 0 Å². The summed E-state index contributed by atoms with van der Waals surface area (Å²) in [4.78, 5) is 22.4. The average molecular weight is 552 g/mol. The van der Waals surface area contributed by atoms with Crippen LogP contribution in [0.2, 0.25) is 0 Å². The molecule has 3 unspecified atom stereocenters. The lowest BCUT2D eigenvalue weighted by atomic mass is 10.0. The molecule has 9 heteroatoms. The second-order valence-electron chi connectivity index (χ2n) is 11.5. The summed E-state index contributed by atoms with van der Waals surface area (Å²) in [6.45, 7) is 4.68. The molecule has 0 aliphatic heterocycles. The van der Waals surface area contributed by atoms with Crippen molar-refractivity contribution in [2.45, 2.75) is 135 Å². The maximum Gasteiger partial charge on any atom is 0.472 e. The summed E-state index contributed by atoms with van der Waals surface area (Å²) >= 11 is 0. The van der Waals surface area contributed by atoms with E-state index in [1.807, 2.05) is 21.1 Å². The van der Waals surface area contributed by atoms with Gasteiger partial charge in [-0.25, -0.2) is 4.57 Å². The van der Waals surface area contributed by atoms with E-state index in [1.165, 1.54) is 57.8 Å². The van der Waals surface area contributed by atoms with E-state index < -0.39 is 20.0 Å². The third-order valence-electron chi connectivity index (χ3n) is 6.61. The molecule has 0 spiro atoms. The lowest BCUT2D eigenvalue weighted by Gasteiger charge is -2.26. The largest absolute Gasteiger partial charge is 0.472 e. The molecule has 0 aromatic carbocycles. The Kier molecular flexibility index (Phi) is 22.0. The van der Waals surface area contributed by atoms with E-state index in [1.54, 1.807) is 0 Å². The SMILES string of the molecule is CCCCCCCCCCCCCCC(O)C(COP(=O)(O)OCC[N+](C)(C)C)NC(=O)CCCCC. The van der Waals surface area contributed by atoms with Gasteiger partial charge in [-0.05, 0) is 12.8 Å². The minimum Gasteiger partial charge on any atom is -0.391 e. The van der Waals surface area contributed by atoms with Crippen molar-refractivity contribution in [2.75, 3.05) is 40.9 Å². The van der Waals surface area contributed by atoms with E-state index in [4.69, 9.17) is 9.05 Å². The van der Waals surface area contributed by atoms with Crippen LogP contribution in [0, 0.1) is 0 Å². The Bertz CT molecular complexity index is 600. The fourth-order valence-electron chi connectivity index (χ4n) is 4.10. The highest BCUT2D eigenvalue weighted by atomic mass is 31.2. The Morgan fingerprint density at radius 3 is 1.81 bits per heavy atom. The molecule has 0 saturated heterocycles. The number of hydrogen-bond acceptors (Lipinski definition) is 5. The summed E-state index contributed by atoms with van der Waals surface area (Å²) in [5.41, 5.74) is 0. The molecule has 0 aliphatic carbocycles. The highest BCUT2D eigenvalue weighted by Crippen LogP contribution is 2.43. The van der Waals surface area contributed by atoms with Gasteiger partial charge in [0.25, 0.3) is 0 Å². The van der Waals surface area contributed by atoms with Crippen molar-refractivity contribution in [3.8, 4) is 0 Å². The van der Waals surface area contributed by atoms with Gasteiger partial charge in [0, 0.05) is 6.42 Å². The van der Waals surface area contributed by atoms with E-state index in [2.05, 4.69) is 19.2 Å². The predicted octanol–water partition coefficient (Wildman–Crippen LogP) is 6.34. The van der Waals surface area contributed by atoms with Crippen molar-refractivity contribution in [3.63, 3.8) is 0 Å².